The molecule has 0 amide bonds. The van der Waals surface area contributed by atoms with Crippen molar-refractivity contribution in [3.8, 4) is 46.0 Å². The van der Waals surface area contributed by atoms with Crippen LogP contribution in [0.5, 0.6) is 46.0 Å². The van der Waals surface area contributed by atoms with E-state index in [4.69, 9.17) is 37.9 Å². The van der Waals surface area contributed by atoms with E-state index < -0.39 is 0 Å². The van der Waals surface area contributed by atoms with E-state index in [9.17, 15) is 0 Å². The van der Waals surface area contributed by atoms with E-state index in [-0.39, 0.29) is 27.2 Å². The van der Waals surface area contributed by atoms with E-state index in [0.717, 1.165) is 88.7 Å². The second kappa shape index (κ2) is 12.7. The Labute approximate surface area is 340 Å². The molecule has 0 fully saturated rings. The molecule has 60 heavy (non-hydrogen) atoms. The van der Waals surface area contributed by atoms with Crippen LogP contribution in [0.3, 0.4) is 0 Å². The molecule has 9 heterocycles. The van der Waals surface area contributed by atoms with Gasteiger partial charge in [-0.15, -0.1) is 0 Å². The zero-order valence-corrected chi connectivity index (χ0v) is 31.6. The summed E-state index contributed by atoms with van der Waals surface area (Å²) in [5.74, 6) is 5.63. The van der Waals surface area contributed by atoms with Gasteiger partial charge < -0.3 is 57.8 Å². The summed E-state index contributed by atoms with van der Waals surface area (Å²) in [7, 11) is 0. The third kappa shape index (κ3) is 5.17. The molecular weight excluding hydrogens is 761 g/mol. The Morgan fingerprint density at radius 1 is 0.250 bits per heavy atom. The van der Waals surface area contributed by atoms with Crippen LogP contribution in [-0.4, -0.2) is 47.1 Å². The summed E-state index contributed by atoms with van der Waals surface area (Å²) in [4.78, 5) is 15.3. The number of fused-ring (bicyclic) bond motifs is 12. The van der Waals surface area contributed by atoms with Crippen molar-refractivity contribution >= 4 is 22.3 Å². The summed E-state index contributed by atoms with van der Waals surface area (Å²) < 4.78 is 46.4. The number of hydrogen-bond acceptors (Lipinski definition) is 8. The molecule has 5 aliphatic heterocycles. The summed E-state index contributed by atoms with van der Waals surface area (Å²) in [6.45, 7) is 0.719. The maximum atomic E-state index is 5.88. The van der Waals surface area contributed by atoms with Crippen molar-refractivity contribution in [2.45, 2.75) is 0 Å². The number of aromatic amines is 4. The molecule has 12 nitrogen and oxygen atoms in total. The van der Waals surface area contributed by atoms with Gasteiger partial charge in [-0.3, -0.25) is 0 Å². The highest BCUT2D eigenvalue weighted by Gasteiger charge is 2.24. The lowest BCUT2D eigenvalue weighted by Crippen LogP contribution is -2.19. The number of nitrogens with one attached hydrogen (secondary N) is 4. The van der Waals surface area contributed by atoms with Gasteiger partial charge in [0.25, 0.3) is 0 Å². The molecule has 13 rings (SSSR count). The van der Waals surface area contributed by atoms with Gasteiger partial charge in [0, 0.05) is 66.5 Å². The molecule has 8 bridgehead atoms. The van der Waals surface area contributed by atoms with Crippen molar-refractivity contribution in [1.29, 1.82) is 0 Å². The molecule has 0 spiro atoms. The Balaban J connectivity index is 1.13. The molecule has 4 aromatic carbocycles. The van der Waals surface area contributed by atoms with Crippen molar-refractivity contribution in [3.63, 3.8) is 0 Å². The fourth-order valence-electron chi connectivity index (χ4n) is 8.78. The van der Waals surface area contributed by atoms with Gasteiger partial charge in [0.15, 0.2) is 46.0 Å². The Morgan fingerprint density at radius 3 is 0.767 bits per heavy atom. The standard InChI is InChI=1S/C48H32N4O8/c1-13-37-41(57-21-53-37)17-25(1)45-29-5-7-31(49-29)46(26-2-14-38-42(18-26)58-22-54-38)33-9-11-35(51-33)48(28-4-16-40-44(20-28)60-24-56-40)36-12-10-34(52-36)47(32-8-6-30(45)50-32)27-3-15-39-43(19-27)59-23-55-39/h1-20,49-52H,21-24H2. The van der Waals surface area contributed by atoms with E-state index in [1.165, 1.54) is 0 Å². The fourth-order valence-corrected chi connectivity index (χ4v) is 8.78. The molecule has 0 unspecified atom stereocenters. The largest absolute Gasteiger partial charge is 0.454 e. The maximum Gasteiger partial charge on any atom is 0.231 e. The summed E-state index contributed by atoms with van der Waals surface area (Å²) in [5, 5.41) is 3.59. The van der Waals surface area contributed by atoms with Crippen LogP contribution >= 0.6 is 0 Å². The molecule has 12 heteroatoms. The molecule has 0 atom stereocenters. The van der Waals surface area contributed by atoms with Gasteiger partial charge in [-0.05, 0) is 119 Å². The Morgan fingerprint density at radius 2 is 0.500 bits per heavy atom. The first kappa shape index (κ1) is 32.9. The average Bonchev–Trinajstić information content (AvgIpc) is 4.12. The minimum atomic E-state index is 0.180. The lowest BCUT2D eigenvalue weighted by molar-refractivity contribution is 0.173. The average molecular weight is 793 g/mol. The topological polar surface area (TPSA) is 137 Å². The SMILES string of the molecule is c1cc2c(cc1C1=c3ccc([nH]3)=C(c3ccc4c(c3)OCO4)c3ccc([nH]3)C(c3ccc4c(c3)OCO4)=c3ccc([nH]3)=C(c3ccc4c(c3)OCO4)c3ccc1[nH]3)OCO2. The minimum absolute atomic E-state index is 0.180. The highest BCUT2D eigenvalue weighted by molar-refractivity contribution is 5.86. The van der Waals surface area contributed by atoms with Crippen LogP contribution in [0.25, 0.3) is 22.3 Å². The van der Waals surface area contributed by atoms with Gasteiger partial charge in [0.05, 0.1) is 0 Å². The third-order valence-electron chi connectivity index (χ3n) is 11.5. The molecule has 5 aliphatic rings. The molecule has 8 aromatic rings. The maximum absolute atomic E-state index is 5.88. The smallest absolute Gasteiger partial charge is 0.231 e. The molecule has 0 saturated heterocycles. The van der Waals surface area contributed by atoms with Gasteiger partial charge in [-0.25, -0.2) is 0 Å². The molecule has 0 aliphatic carbocycles. The van der Waals surface area contributed by atoms with Gasteiger partial charge in [-0.1, -0.05) is 24.3 Å². The second-order valence-electron chi connectivity index (χ2n) is 14.9. The zero-order valence-electron chi connectivity index (χ0n) is 31.6. The lowest BCUT2D eigenvalue weighted by Gasteiger charge is -2.11. The van der Waals surface area contributed by atoms with E-state index in [1.54, 1.807) is 0 Å². The van der Waals surface area contributed by atoms with Gasteiger partial charge in [0.1, 0.15) is 0 Å². The number of hydrogen-bond donors (Lipinski definition) is 4. The Kier molecular flexibility index (Phi) is 6.96. The van der Waals surface area contributed by atoms with E-state index in [1.807, 2.05) is 48.5 Å². The number of aromatic nitrogens is 4. The number of rotatable bonds is 4. The summed E-state index contributed by atoms with van der Waals surface area (Å²) >= 11 is 0. The van der Waals surface area contributed by atoms with Crippen molar-refractivity contribution in [2.75, 3.05) is 27.2 Å². The van der Waals surface area contributed by atoms with Gasteiger partial charge in [0.2, 0.25) is 27.2 Å². The van der Waals surface area contributed by atoms with E-state index in [2.05, 4.69) is 92.7 Å². The van der Waals surface area contributed by atoms with Crippen LogP contribution in [0.15, 0.2) is 121 Å². The predicted octanol–water partition coefficient (Wildman–Crippen LogP) is 5.22. The molecule has 4 N–H and O–H groups in total. The third-order valence-corrected chi connectivity index (χ3v) is 11.5. The normalized spacial score (nSPS) is 15.3. The van der Waals surface area contributed by atoms with Crippen LogP contribution in [0.1, 0.15) is 45.0 Å². The van der Waals surface area contributed by atoms with Crippen LogP contribution in [0.2, 0.25) is 0 Å². The highest BCUT2D eigenvalue weighted by atomic mass is 16.7. The minimum Gasteiger partial charge on any atom is -0.454 e. The van der Waals surface area contributed by atoms with Gasteiger partial charge >= 0.3 is 0 Å². The van der Waals surface area contributed by atoms with Crippen molar-refractivity contribution < 1.29 is 37.9 Å². The highest BCUT2D eigenvalue weighted by Crippen LogP contribution is 2.40. The number of H-pyrrole nitrogens is 4. The first-order chi connectivity index (χ1) is 29.7. The molecule has 0 saturated carbocycles. The van der Waals surface area contributed by atoms with Crippen LogP contribution in [-0.2, 0) is 0 Å². The summed E-state index contributed by atoms with van der Waals surface area (Å²) in [6, 6.07) is 41.2. The zero-order chi connectivity index (χ0) is 39.3. The van der Waals surface area contributed by atoms with Crippen molar-refractivity contribution in [1.82, 2.24) is 19.9 Å². The lowest BCUT2D eigenvalue weighted by atomic mass is 10.0. The van der Waals surface area contributed by atoms with E-state index in [0.29, 0.717) is 46.0 Å². The fraction of sp³-hybridized carbons (Fsp3) is 0.0833. The number of benzene rings is 4. The molecule has 292 valence electrons. The molecular formula is C48H32N4O8. The van der Waals surface area contributed by atoms with Crippen LogP contribution in [0.4, 0.5) is 0 Å². The first-order valence-corrected chi connectivity index (χ1v) is 19.5. The van der Waals surface area contributed by atoms with Crippen LogP contribution in [0, 0.1) is 0 Å². The van der Waals surface area contributed by atoms with Crippen molar-refractivity contribution in [2.24, 2.45) is 0 Å². The Bertz CT molecular complexity index is 2930. The van der Waals surface area contributed by atoms with Crippen LogP contribution < -0.4 is 59.3 Å². The van der Waals surface area contributed by atoms with Gasteiger partial charge in [-0.2, -0.15) is 0 Å². The monoisotopic (exact) mass is 792 g/mol. The van der Waals surface area contributed by atoms with Crippen molar-refractivity contribution in [3.05, 3.63) is 188 Å². The summed E-state index contributed by atoms with van der Waals surface area (Å²) in [6.07, 6.45) is 0. The van der Waals surface area contributed by atoms with E-state index >= 15 is 0 Å². The Hall–Kier alpha value is -8.12. The second-order valence-corrected chi connectivity index (χ2v) is 14.9. The molecule has 4 aromatic heterocycles. The molecule has 0 radical (unpaired) electrons. The first-order valence-electron chi connectivity index (χ1n) is 19.5. The number of ether oxygens (including phenoxy) is 8. The predicted molar refractivity (Wildman–Crippen MR) is 218 cm³/mol. The summed E-state index contributed by atoms with van der Waals surface area (Å²) in [5.41, 5.74) is 11.2. The quantitative estimate of drug-likeness (QED) is 0.191.